The lowest BCUT2D eigenvalue weighted by molar-refractivity contribution is -0.152. The van der Waals surface area contributed by atoms with E-state index in [0.29, 0.717) is 67.6 Å². The van der Waals surface area contributed by atoms with E-state index in [9.17, 15) is 14.4 Å². The molecule has 2 atom stereocenters. The van der Waals surface area contributed by atoms with E-state index in [1.54, 1.807) is 31.1 Å². The van der Waals surface area contributed by atoms with Gasteiger partial charge in [-0.15, -0.1) is 0 Å². The van der Waals surface area contributed by atoms with Crippen molar-refractivity contribution in [1.82, 2.24) is 4.90 Å². The molecule has 216 valence electrons. The number of hydrogen-bond acceptors (Lipinski definition) is 8. The van der Waals surface area contributed by atoms with Crippen LogP contribution in [0.25, 0.3) is 0 Å². The molecule has 2 aromatic carbocycles. The number of amides is 2. The number of nitrogens with zero attached hydrogens (tertiary/aromatic N) is 2. The molecule has 2 heterocycles. The molecular formula is C30H38N2O8. The fraction of sp³-hybridized carbons (Fsp3) is 0.500. The molecule has 2 aliphatic rings. The van der Waals surface area contributed by atoms with Crippen molar-refractivity contribution < 1.29 is 38.1 Å². The SMILES string of the molecule is CCOC(=O)C1CCN(C(=O)[C@H]2CCC(=O)N(c3cc(OC)c(OC)c(OC)c3)[C@@H]2c2ccc(OC)cc2)CC1. The second-order valence-electron chi connectivity index (χ2n) is 9.86. The van der Waals surface area contributed by atoms with Crippen LogP contribution in [0.2, 0.25) is 0 Å². The Labute approximate surface area is 235 Å². The zero-order valence-corrected chi connectivity index (χ0v) is 23.8. The van der Waals surface area contributed by atoms with Crippen molar-refractivity contribution in [1.29, 1.82) is 0 Å². The minimum Gasteiger partial charge on any atom is -0.497 e. The van der Waals surface area contributed by atoms with E-state index < -0.39 is 12.0 Å². The maximum Gasteiger partial charge on any atom is 0.309 e. The van der Waals surface area contributed by atoms with Crippen LogP contribution in [0.4, 0.5) is 5.69 Å². The Kier molecular flexibility index (Phi) is 9.39. The van der Waals surface area contributed by atoms with Crippen molar-refractivity contribution in [2.45, 2.75) is 38.6 Å². The molecule has 0 spiro atoms. The molecule has 4 rings (SSSR count). The zero-order valence-electron chi connectivity index (χ0n) is 23.8. The first-order valence-electron chi connectivity index (χ1n) is 13.6. The quantitative estimate of drug-likeness (QED) is 0.429. The van der Waals surface area contributed by atoms with Gasteiger partial charge < -0.3 is 33.5 Å². The number of ether oxygens (including phenoxy) is 5. The Morgan fingerprint density at radius 2 is 1.50 bits per heavy atom. The topological polar surface area (TPSA) is 104 Å². The molecule has 0 aromatic heterocycles. The molecule has 0 bridgehead atoms. The number of benzene rings is 2. The summed E-state index contributed by atoms with van der Waals surface area (Å²) in [6.45, 7) is 3.06. The molecule has 10 nitrogen and oxygen atoms in total. The predicted molar refractivity (Wildman–Crippen MR) is 148 cm³/mol. The fourth-order valence-electron chi connectivity index (χ4n) is 5.67. The molecule has 10 heteroatoms. The summed E-state index contributed by atoms with van der Waals surface area (Å²) >= 11 is 0. The first-order chi connectivity index (χ1) is 19.4. The molecule has 2 amide bonds. The number of likely N-dealkylation sites (tertiary alicyclic amines) is 1. The van der Waals surface area contributed by atoms with Crippen molar-refractivity contribution in [3.8, 4) is 23.0 Å². The summed E-state index contributed by atoms with van der Waals surface area (Å²) in [5.41, 5.74) is 1.35. The second kappa shape index (κ2) is 12.9. The van der Waals surface area contributed by atoms with Gasteiger partial charge in [0, 0.05) is 31.6 Å². The highest BCUT2D eigenvalue weighted by atomic mass is 16.5. The molecule has 0 unspecified atom stereocenters. The Morgan fingerprint density at radius 1 is 0.875 bits per heavy atom. The molecule has 40 heavy (non-hydrogen) atoms. The standard InChI is InChI=1S/C30H38N2O8/c1-6-40-30(35)20-13-15-31(16-14-20)29(34)23-11-12-26(33)32(27(23)19-7-9-22(36-2)10-8-19)21-17-24(37-3)28(39-5)25(18-21)38-4/h7-10,17-18,20,23,27H,6,11-16H2,1-5H3/t23-,27+/m0/s1. The van der Waals surface area contributed by atoms with Gasteiger partial charge in [0.15, 0.2) is 11.5 Å². The van der Waals surface area contributed by atoms with E-state index in [2.05, 4.69) is 0 Å². The average Bonchev–Trinajstić information content (AvgIpc) is 3.00. The smallest absolute Gasteiger partial charge is 0.309 e. The van der Waals surface area contributed by atoms with Crippen molar-refractivity contribution >= 4 is 23.5 Å². The van der Waals surface area contributed by atoms with E-state index >= 15 is 0 Å². The Hall–Kier alpha value is -3.95. The number of carbonyl (C=O) groups excluding carboxylic acids is 3. The number of carbonyl (C=O) groups is 3. The van der Waals surface area contributed by atoms with E-state index in [0.717, 1.165) is 5.56 Å². The summed E-state index contributed by atoms with van der Waals surface area (Å²) in [7, 11) is 6.15. The maximum atomic E-state index is 14.1. The van der Waals surface area contributed by atoms with Gasteiger partial charge in [-0.25, -0.2) is 0 Å². The minimum atomic E-state index is -0.578. The van der Waals surface area contributed by atoms with E-state index in [1.807, 2.05) is 29.2 Å². The van der Waals surface area contributed by atoms with Gasteiger partial charge in [-0.3, -0.25) is 14.4 Å². The Morgan fingerprint density at radius 3 is 2.02 bits per heavy atom. The van der Waals surface area contributed by atoms with Crippen LogP contribution in [0.3, 0.4) is 0 Å². The molecule has 0 saturated carbocycles. The summed E-state index contributed by atoms with van der Waals surface area (Å²) in [4.78, 5) is 43.4. The van der Waals surface area contributed by atoms with Crippen molar-refractivity contribution in [3.05, 3.63) is 42.0 Å². The van der Waals surface area contributed by atoms with Crippen LogP contribution in [0.1, 0.15) is 44.2 Å². The highest BCUT2D eigenvalue weighted by Gasteiger charge is 2.44. The number of hydrogen-bond donors (Lipinski definition) is 0. The molecule has 2 aliphatic heterocycles. The van der Waals surface area contributed by atoms with Crippen LogP contribution < -0.4 is 23.8 Å². The molecular weight excluding hydrogens is 516 g/mol. The van der Waals surface area contributed by atoms with Gasteiger partial charge in [0.25, 0.3) is 0 Å². The van der Waals surface area contributed by atoms with Gasteiger partial charge in [-0.2, -0.15) is 0 Å². The highest BCUT2D eigenvalue weighted by molar-refractivity contribution is 5.98. The second-order valence-corrected chi connectivity index (χ2v) is 9.86. The summed E-state index contributed by atoms with van der Waals surface area (Å²) in [6.07, 6.45) is 1.73. The Bertz CT molecular complexity index is 1180. The van der Waals surface area contributed by atoms with Crippen LogP contribution in [0.5, 0.6) is 23.0 Å². The van der Waals surface area contributed by atoms with Crippen LogP contribution in [0, 0.1) is 11.8 Å². The largest absolute Gasteiger partial charge is 0.497 e. The van der Waals surface area contributed by atoms with Crippen molar-refractivity contribution in [3.63, 3.8) is 0 Å². The zero-order chi connectivity index (χ0) is 28.8. The summed E-state index contributed by atoms with van der Waals surface area (Å²) in [5, 5.41) is 0. The lowest BCUT2D eigenvalue weighted by Crippen LogP contribution is -2.51. The molecule has 2 saturated heterocycles. The first-order valence-corrected chi connectivity index (χ1v) is 13.6. The third-order valence-electron chi connectivity index (χ3n) is 7.73. The van der Waals surface area contributed by atoms with Gasteiger partial charge in [0.05, 0.1) is 58.6 Å². The third-order valence-corrected chi connectivity index (χ3v) is 7.73. The van der Waals surface area contributed by atoms with E-state index in [-0.39, 0.29) is 30.1 Å². The third kappa shape index (κ3) is 5.80. The highest BCUT2D eigenvalue weighted by Crippen LogP contribution is 2.47. The summed E-state index contributed by atoms with van der Waals surface area (Å²) < 4.78 is 27.1. The number of anilines is 1. The van der Waals surface area contributed by atoms with Crippen LogP contribution in [-0.4, -0.2) is 70.8 Å². The predicted octanol–water partition coefficient (Wildman–Crippen LogP) is 4.01. The van der Waals surface area contributed by atoms with Crippen LogP contribution in [-0.2, 0) is 19.1 Å². The van der Waals surface area contributed by atoms with E-state index in [1.165, 1.54) is 21.3 Å². The summed E-state index contributed by atoms with van der Waals surface area (Å²) in [5.74, 6) is 0.857. The van der Waals surface area contributed by atoms with Gasteiger partial charge in [0.2, 0.25) is 17.6 Å². The number of esters is 1. The van der Waals surface area contributed by atoms with Gasteiger partial charge in [-0.1, -0.05) is 12.1 Å². The van der Waals surface area contributed by atoms with Gasteiger partial charge in [0.1, 0.15) is 5.75 Å². The van der Waals surface area contributed by atoms with Gasteiger partial charge in [-0.05, 0) is 43.9 Å². The van der Waals surface area contributed by atoms with Crippen molar-refractivity contribution in [2.75, 3.05) is 53.0 Å². The molecule has 0 radical (unpaired) electrons. The van der Waals surface area contributed by atoms with Crippen molar-refractivity contribution in [2.24, 2.45) is 11.8 Å². The normalized spacial score (nSPS) is 19.7. The number of piperidine rings is 2. The first kappa shape index (κ1) is 29.0. The number of rotatable bonds is 9. The molecule has 2 aromatic rings. The fourth-order valence-corrected chi connectivity index (χ4v) is 5.67. The van der Waals surface area contributed by atoms with E-state index in [4.69, 9.17) is 23.7 Å². The van der Waals surface area contributed by atoms with Crippen LogP contribution >= 0.6 is 0 Å². The monoisotopic (exact) mass is 554 g/mol. The maximum absolute atomic E-state index is 14.1. The molecule has 2 fully saturated rings. The Balaban J connectivity index is 1.72. The van der Waals surface area contributed by atoms with Gasteiger partial charge >= 0.3 is 5.97 Å². The van der Waals surface area contributed by atoms with Crippen LogP contribution in [0.15, 0.2) is 36.4 Å². The lowest BCUT2D eigenvalue weighted by atomic mass is 9.82. The lowest BCUT2D eigenvalue weighted by Gasteiger charge is -2.43. The average molecular weight is 555 g/mol. The molecule has 0 N–H and O–H groups in total. The number of methoxy groups -OCH3 is 4. The minimum absolute atomic E-state index is 0.0342. The molecule has 0 aliphatic carbocycles. The summed E-state index contributed by atoms with van der Waals surface area (Å²) in [6, 6.07) is 10.3.